The van der Waals surface area contributed by atoms with Gasteiger partial charge in [-0.05, 0) is 19.1 Å². The molecule has 2 aromatic carbocycles. The van der Waals surface area contributed by atoms with Crippen molar-refractivity contribution in [1.82, 2.24) is 4.57 Å². The molecule has 0 fully saturated rings. The molecule has 0 bridgehead atoms. The van der Waals surface area contributed by atoms with Gasteiger partial charge in [0.2, 0.25) is 5.78 Å². The fourth-order valence-electron chi connectivity index (χ4n) is 3.50. The summed E-state index contributed by atoms with van der Waals surface area (Å²) in [6.45, 7) is 1.58. The van der Waals surface area contributed by atoms with Gasteiger partial charge in [-0.3, -0.25) is 25.0 Å². The number of nitro benzene ring substituents is 2. The highest BCUT2D eigenvalue weighted by atomic mass is 79.9. The molecule has 0 radical (unpaired) electrons. The summed E-state index contributed by atoms with van der Waals surface area (Å²) >= 11 is 0. The van der Waals surface area contributed by atoms with Gasteiger partial charge in [0.25, 0.3) is 17.0 Å². The van der Waals surface area contributed by atoms with Crippen molar-refractivity contribution in [2.24, 2.45) is 0 Å². The lowest BCUT2D eigenvalue weighted by molar-refractivity contribution is -0.510. The van der Waals surface area contributed by atoms with E-state index in [1.165, 1.54) is 30.3 Å². The number of pyridine rings is 1. The normalized spacial score (nSPS) is 10.5. The van der Waals surface area contributed by atoms with Gasteiger partial charge in [-0.15, -0.1) is 0 Å². The standard InChI is InChI=1S/C22H17N4O5.BrH/c1-15-8-9-16(12-19(15)26(30)31)20-13-23-10-3-2-7-22(23)24(20)14-21(27)17-5-4-6-18(11-17)25(28)29;/h2-13H,14H2,1H3;1H/q+1;/p-1. The number of non-ortho nitro benzene ring substituents is 1. The Kier molecular flexibility index (Phi) is 6.45. The number of carbonyl (C=O) groups excluding carboxylic acids is 1. The van der Waals surface area contributed by atoms with Crippen LogP contribution in [0.2, 0.25) is 0 Å². The van der Waals surface area contributed by atoms with Crippen molar-refractivity contribution in [2.45, 2.75) is 13.5 Å². The first-order valence-electron chi connectivity index (χ1n) is 9.38. The van der Waals surface area contributed by atoms with E-state index in [0.717, 1.165) is 0 Å². The molecule has 2 aromatic heterocycles. The second kappa shape index (κ2) is 9.06. The van der Waals surface area contributed by atoms with Gasteiger partial charge in [0, 0.05) is 41.0 Å². The minimum Gasteiger partial charge on any atom is -1.00 e. The SMILES string of the molecule is Cc1ccc(-c2c[n+]3ccccc3n2CC(=O)c2cccc([N+](=O)[O-])c2)cc1[N+](=O)[O-].[Br-]. The molecule has 4 aromatic rings. The Hall–Kier alpha value is -3.92. The molecule has 162 valence electrons. The van der Waals surface area contributed by atoms with Crippen LogP contribution < -0.4 is 21.4 Å². The summed E-state index contributed by atoms with van der Waals surface area (Å²) < 4.78 is 3.57. The van der Waals surface area contributed by atoms with Crippen LogP contribution in [0, 0.1) is 27.2 Å². The highest BCUT2D eigenvalue weighted by Gasteiger charge is 2.24. The third kappa shape index (κ3) is 4.26. The van der Waals surface area contributed by atoms with Crippen molar-refractivity contribution in [2.75, 3.05) is 0 Å². The van der Waals surface area contributed by atoms with E-state index in [1.54, 1.807) is 29.8 Å². The third-order valence-corrected chi connectivity index (χ3v) is 5.08. The first-order valence-corrected chi connectivity index (χ1v) is 9.38. The molecule has 0 atom stereocenters. The molecule has 2 heterocycles. The van der Waals surface area contributed by atoms with E-state index >= 15 is 0 Å². The maximum Gasteiger partial charge on any atom is 0.287 e. The van der Waals surface area contributed by atoms with Gasteiger partial charge in [0.1, 0.15) is 6.20 Å². The van der Waals surface area contributed by atoms with Crippen LogP contribution >= 0.6 is 0 Å². The summed E-state index contributed by atoms with van der Waals surface area (Å²) in [7, 11) is 0. The van der Waals surface area contributed by atoms with E-state index in [0.29, 0.717) is 22.5 Å². The minimum atomic E-state index is -0.547. The molecular formula is C22H17BrN4O5. The molecule has 0 unspecified atom stereocenters. The molecule has 0 N–H and O–H groups in total. The predicted octanol–water partition coefficient (Wildman–Crippen LogP) is 0.906. The fourth-order valence-corrected chi connectivity index (χ4v) is 3.50. The number of rotatable bonds is 6. The third-order valence-electron chi connectivity index (χ3n) is 5.08. The van der Waals surface area contributed by atoms with E-state index < -0.39 is 9.85 Å². The summed E-state index contributed by atoms with van der Waals surface area (Å²) in [5, 5.41) is 22.4. The Bertz CT molecular complexity index is 1370. The van der Waals surface area contributed by atoms with Crippen LogP contribution in [0.1, 0.15) is 15.9 Å². The molecule has 0 spiro atoms. The molecule has 0 aliphatic rings. The maximum atomic E-state index is 13.0. The summed E-state index contributed by atoms with van der Waals surface area (Å²) in [6, 6.07) is 16.0. The van der Waals surface area contributed by atoms with Crippen molar-refractivity contribution in [1.29, 1.82) is 0 Å². The number of hydrogen-bond donors (Lipinski definition) is 0. The van der Waals surface area contributed by atoms with Crippen LogP contribution in [0.15, 0.2) is 73.1 Å². The van der Waals surface area contributed by atoms with Crippen molar-refractivity contribution < 1.29 is 36.0 Å². The van der Waals surface area contributed by atoms with Crippen LogP contribution in [0.3, 0.4) is 0 Å². The van der Waals surface area contributed by atoms with Crippen LogP contribution in [0.5, 0.6) is 0 Å². The molecule has 0 saturated heterocycles. The van der Waals surface area contributed by atoms with Gasteiger partial charge in [-0.25, -0.2) is 8.97 Å². The molecule has 10 heteroatoms. The second-order valence-electron chi connectivity index (χ2n) is 7.06. The zero-order valence-corrected chi connectivity index (χ0v) is 18.4. The van der Waals surface area contributed by atoms with E-state index in [1.807, 2.05) is 28.8 Å². The minimum absolute atomic E-state index is 0. The van der Waals surface area contributed by atoms with E-state index in [4.69, 9.17) is 0 Å². The largest absolute Gasteiger partial charge is 1.00 e. The molecule has 9 nitrogen and oxygen atoms in total. The maximum absolute atomic E-state index is 13.0. The van der Waals surface area contributed by atoms with E-state index in [9.17, 15) is 25.0 Å². The van der Waals surface area contributed by atoms with E-state index in [-0.39, 0.29) is 46.2 Å². The zero-order valence-electron chi connectivity index (χ0n) is 16.8. The number of imidazole rings is 1. The van der Waals surface area contributed by atoms with E-state index in [2.05, 4.69) is 0 Å². The van der Waals surface area contributed by atoms with Gasteiger partial charge < -0.3 is 17.0 Å². The highest BCUT2D eigenvalue weighted by Crippen LogP contribution is 2.28. The number of aryl methyl sites for hydroxylation is 1. The quantitative estimate of drug-likeness (QED) is 0.170. The Morgan fingerprint density at radius 2 is 1.78 bits per heavy atom. The number of nitrogens with zero attached hydrogens (tertiary/aromatic N) is 4. The summed E-state index contributed by atoms with van der Waals surface area (Å²) in [4.78, 5) is 34.4. The van der Waals surface area contributed by atoms with Crippen molar-refractivity contribution in [3.63, 3.8) is 0 Å². The van der Waals surface area contributed by atoms with Gasteiger partial charge in [0.15, 0.2) is 12.2 Å². The smallest absolute Gasteiger partial charge is 0.287 e. The van der Waals surface area contributed by atoms with Crippen LogP contribution in [-0.2, 0) is 6.54 Å². The molecule has 0 aliphatic heterocycles. The fraction of sp³-hybridized carbons (Fsp3) is 0.0909. The Morgan fingerprint density at radius 3 is 2.50 bits per heavy atom. The Morgan fingerprint density at radius 1 is 1.00 bits per heavy atom. The molecule has 32 heavy (non-hydrogen) atoms. The van der Waals surface area contributed by atoms with Crippen molar-refractivity contribution in [3.05, 3.63) is 104 Å². The number of ketones is 1. The average molecular weight is 497 g/mol. The number of Topliss-reactive ketones (excluding diaryl/α,β-unsaturated/α-hetero) is 1. The van der Waals surface area contributed by atoms with Gasteiger partial charge in [0.05, 0.1) is 16.0 Å². The molecule has 0 aliphatic carbocycles. The monoisotopic (exact) mass is 496 g/mol. The lowest BCUT2D eigenvalue weighted by Gasteiger charge is -2.05. The molecular weight excluding hydrogens is 480 g/mol. The number of nitro groups is 2. The number of carbonyl (C=O) groups is 1. The average Bonchev–Trinajstić information content (AvgIpc) is 3.12. The first kappa shape index (κ1) is 22.8. The van der Waals surface area contributed by atoms with Crippen LogP contribution in [0.25, 0.3) is 16.9 Å². The molecule has 0 amide bonds. The number of hydrogen-bond acceptors (Lipinski definition) is 5. The number of halogens is 1. The lowest BCUT2D eigenvalue weighted by Crippen LogP contribution is -3.00. The summed E-state index contributed by atoms with van der Waals surface area (Å²) in [6.07, 6.45) is 3.61. The first-order chi connectivity index (χ1) is 14.8. The second-order valence-corrected chi connectivity index (χ2v) is 7.06. The van der Waals surface area contributed by atoms with Crippen LogP contribution in [-0.4, -0.2) is 20.2 Å². The number of fused-ring (bicyclic) bond motifs is 1. The van der Waals surface area contributed by atoms with Crippen LogP contribution in [0.4, 0.5) is 11.4 Å². The van der Waals surface area contributed by atoms with Gasteiger partial charge in [-0.1, -0.05) is 24.3 Å². The Labute approximate surface area is 192 Å². The zero-order chi connectivity index (χ0) is 22.1. The van der Waals surface area contributed by atoms with Crippen molar-refractivity contribution >= 4 is 22.8 Å². The lowest BCUT2D eigenvalue weighted by atomic mass is 10.1. The molecule has 4 rings (SSSR count). The number of aromatic nitrogens is 2. The summed E-state index contributed by atoms with van der Waals surface area (Å²) in [5.41, 5.74) is 2.51. The topological polar surface area (TPSA) is 112 Å². The summed E-state index contributed by atoms with van der Waals surface area (Å²) in [5.74, 6) is -0.312. The highest BCUT2D eigenvalue weighted by molar-refractivity contribution is 5.97. The van der Waals surface area contributed by atoms with Crippen molar-refractivity contribution in [3.8, 4) is 11.3 Å². The Balaban J connectivity index is 0.00000289. The van der Waals surface area contributed by atoms with Gasteiger partial charge in [-0.2, -0.15) is 0 Å². The number of benzene rings is 2. The van der Waals surface area contributed by atoms with Gasteiger partial charge >= 0.3 is 0 Å². The predicted molar refractivity (Wildman–Crippen MR) is 112 cm³/mol. The molecule has 0 saturated carbocycles.